The van der Waals surface area contributed by atoms with E-state index >= 15 is 0 Å². The molecule has 1 heterocycles. The molecule has 34 heavy (non-hydrogen) atoms. The summed E-state index contributed by atoms with van der Waals surface area (Å²) < 4.78 is 5.72. The van der Waals surface area contributed by atoms with E-state index in [1.54, 1.807) is 36.3 Å². The van der Waals surface area contributed by atoms with E-state index in [1.807, 2.05) is 67.6 Å². The van der Waals surface area contributed by atoms with E-state index in [9.17, 15) is 14.7 Å². The minimum Gasteiger partial charge on any atom is -0.438 e. The van der Waals surface area contributed by atoms with Gasteiger partial charge in [0.05, 0.1) is 18.1 Å². The van der Waals surface area contributed by atoms with Crippen molar-refractivity contribution in [1.82, 2.24) is 10.0 Å². The van der Waals surface area contributed by atoms with Crippen molar-refractivity contribution < 1.29 is 19.4 Å². The van der Waals surface area contributed by atoms with E-state index in [1.165, 1.54) is 0 Å². The summed E-state index contributed by atoms with van der Waals surface area (Å²) in [6, 6.07) is 25.3. The fourth-order valence-electron chi connectivity index (χ4n) is 4.25. The number of hydrogen-bond acceptors (Lipinski definition) is 5. The number of carbonyl (C=O) groups excluding carboxylic acids is 2. The molecule has 7 heteroatoms. The van der Waals surface area contributed by atoms with Crippen LogP contribution in [0.5, 0.6) is 0 Å². The first kappa shape index (κ1) is 24.0. The molecule has 3 aromatic carbocycles. The van der Waals surface area contributed by atoms with Gasteiger partial charge in [-0.3, -0.25) is 4.79 Å². The van der Waals surface area contributed by atoms with Gasteiger partial charge >= 0.3 is 6.09 Å². The zero-order valence-corrected chi connectivity index (χ0v) is 19.8. The molecule has 0 saturated carbocycles. The van der Waals surface area contributed by atoms with Crippen molar-refractivity contribution in [2.45, 2.75) is 31.6 Å². The molecule has 0 aliphatic carbocycles. The van der Waals surface area contributed by atoms with Crippen LogP contribution in [0, 0.1) is 5.92 Å². The minimum absolute atomic E-state index is 0.248. The van der Waals surface area contributed by atoms with Gasteiger partial charge in [-0.15, -0.1) is 0 Å². The Hall–Kier alpha value is -3.19. The van der Waals surface area contributed by atoms with E-state index in [0.717, 1.165) is 16.1 Å². The lowest BCUT2D eigenvalue weighted by molar-refractivity contribution is -0.170. The maximum atomic E-state index is 13.8. The number of carbonyl (C=O) groups is 2. The number of ether oxygens (including phenoxy) is 1. The number of likely N-dealkylation sites (N-methyl/N-ethyl adjacent to an activating group) is 1. The lowest BCUT2D eigenvalue weighted by atomic mass is 9.88. The standard InChI is InChI=1S/C27H27ClN2O4/c1-18-25(21-11-7-4-8-12-21)34-27(33)30(29(18)2)26(32)23(17-19-9-5-3-6-10-19)24(31)20-13-15-22(28)16-14-20/h3-16,18,23-25,31H,17H2,1-2H3/t18-,23-,24+,25-/m0/s1. The van der Waals surface area contributed by atoms with Crippen LogP contribution in [0.25, 0.3) is 0 Å². The highest BCUT2D eigenvalue weighted by Crippen LogP contribution is 2.34. The molecule has 3 aromatic rings. The first-order valence-electron chi connectivity index (χ1n) is 11.2. The number of amides is 2. The Balaban J connectivity index is 1.63. The van der Waals surface area contributed by atoms with Gasteiger partial charge in [-0.05, 0) is 42.2 Å². The van der Waals surface area contributed by atoms with E-state index in [-0.39, 0.29) is 12.5 Å². The third kappa shape index (κ3) is 4.99. The number of cyclic esters (lactones) is 1. The lowest BCUT2D eigenvalue weighted by Crippen LogP contribution is -2.60. The van der Waals surface area contributed by atoms with Crippen LogP contribution in [0.15, 0.2) is 84.9 Å². The maximum Gasteiger partial charge on any atom is 0.432 e. The van der Waals surface area contributed by atoms with Gasteiger partial charge in [0.25, 0.3) is 5.91 Å². The van der Waals surface area contributed by atoms with Gasteiger partial charge < -0.3 is 9.84 Å². The summed E-state index contributed by atoms with van der Waals surface area (Å²) in [6.07, 6.45) is -2.18. The van der Waals surface area contributed by atoms with Crippen LogP contribution < -0.4 is 0 Å². The number of rotatable bonds is 6. The molecule has 4 atom stereocenters. The molecule has 1 fully saturated rings. The van der Waals surface area contributed by atoms with E-state index < -0.39 is 30.1 Å². The molecule has 1 aliphatic heterocycles. The Morgan fingerprint density at radius 3 is 2.21 bits per heavy atom. The Labute approximate surface area is 204 Å². The number of aliphatic hydroxyl groups excluding tert-OH is 1. The first-order chi connectivity index (χ1) is 16.4. The molecule has 1 N–H and O–H groups in total. The second-order valence-corrected chi connectivity index (χ2v) is 8.91. The van der Waals surface area contributed by atoms with Crippen molar-refractivity contribution in [2.75, 3.05) is 7.05 Å². The van der Waals surface area contributed by atoms with E-state index in [4.69, 9.17) is 16.3 Å². The summed E-state index contributed by atoms with van der Waals surface area (Å²) >= 11 is 6.00. The van der Waals surface area contributed by atoms with Crippen LogP contribution >= 0.6 is 11.6 Å². The number of benzene rings is 3. The molecule has 2 amide bonds. The van der Waals surface area contributed by atoms with Gasteiger partial charge in [0, 0.05) is 12.1 Å². The van der Waals surface area contributed by atoms with Gasteiger partial charge in [0.2, 0.25) is 0 Å². The monoisotopic (exact) mass is 478 g/mol. The van der Waals surface area contributed by atoms with E-state index in [0.29, 0.717) is 10.6 Å². The maximum absolute atomic E-state index is 13.8. The normalized spacial score (nSPS) is 20.5. The summed E-state index contributed by atoms with van der Waals surface area (Å²) in [5.74, 6) is -1.45. The Morgan fingerprint density at radius 1 is 1.00 bits per heavy atom. The molecule has 1 saturated heterocycles. The highest BCUT2D eigenvalue weighted by Gasteiger charge is 2.45. The average molecular weight is 479 g/mol. The summed E-state index contributed by atoms with van der Waals surface area (Å²) in [4.78, 5) is 26.9. The zero-order chi connectivity index (χ0) is 24.2. The Kier molecular flexibility index (Phi) is 7.32. The van der Waals surface area contributed by atoms with Crippen molar-refractivity contribution in [1.29, 1.82) is 0 Å². The molecule has 0 spiro atoms. The van der Waals surface area contributed by atoms with Crippen molar-refractivity contribution in [3.8, 4) is 0 Å². The fraction of sp³-hybridized carbons (Fsp3) is 0.259. The van der Waals surface area contributed by atoms with Crippen molar-refractivity contribution >= 4 is 23.6 Å². The molecule has 0 aromatic heterocycles. The largest absolute Gasteiger partial charge is 0.438 e. The number of halogens is 1. The van der Waals surface area contributed by atoms with Crippen LogP contribution in [0.3, 0.4) is 0 Å². The van der Waals surface area contributed by atoms with Gasteiger partial charge in [0.1, 0.15) is 6.10 Å². The highest BCUT2D eigenvalue weighted by atomic mass is 35.5. The van der Waals surface area contributed by atoms with Crippen LogP contribution in [-0.4, -0.2) is 40.2 Å². The number of nitrogens with zero attached hydrogens (tertiary/aromatic N) is 2. The van der Waals surface area contributed by atoms with Gasteiger partial charge in [-0.2, -0.15) is 5.01 Å². The molecule has 0 bridgehead atoms. The Morgan fingerprint density at radius 2 is 1.59 bits per heavy atom. The van der Waals surface area contributed by atoms with E-state index in [2.05, 4.69) is 0 Å². The van der Waals surface area contributed by atoms with Gasteiger partial charge in [-0.25, -0.2) is 9.80 Å². The van der Waals surface area contributed by atoms with Crippen molar-refractivity contribution in [3.05, 3.63) is 107 Å². The number of imide groups is 1. The zero-order valence-electron chi connectivity index (χ0n) is 19.0. The number of hydrogen-bond donors (Lipinski definition) is 1. The van der Waals surface area contributed by atoms with Gasteiger partial charge in [0.15, 0.2) is 0 Å². The summed E-state index contributed by atoms with van der Waals surface area (Å²) in [5, 5.41) is 14.4. The first-order valence-corrected chi connectivity index (χ1v) is 11.5. The molecule has 176 valence electrons. The second kappa shape index (κ2) is 10.4. The second-order valence-electron chi connectivity index (χ2n) is 8.47. The molecular formula is C27H27ClN2O4. The lowest BCUT2D eigenvalue weighted by Gasteiger charge is -2.44. The highest BCUT2D eigenvalue weighted by molar-refractivity contribution is 6.30. The van der Waals surface area contributed by atoms with Crippen molar-refractivity contribution in [3.63, 3.8) is 0 Å². The predicted molar refractivity (Wildman–Crippen MR) is 130 cm³/mol. The number of aliphatic hydroxyl groups is 1. The average Bonchev–Trinajstić information content (AvgIpc) is 2.86. The van der Waals surface area contributed by atoms with Crippen LogP contribution in [0.4, 0.5) is 4.79 Å². The third-order valence-corrected chi connectivity index (χ3v) is 6.54. The fourth-order valence-corrected chi connectivity index (χ4v) is 4.38. The van der Waals surface area contributed by atoms with Gasteiger partial charge in [-0.1, -0.05) is 84.4 Å². The van der Waals surface area contributed by atoms with Crippen LogP contribution in [0.1, 0.15) is 35.8 Å². The summed E-state index contributed by atoms with van der Waals surface area (Å²) in [7, 11) is 1.69. The molecule has 0 unspecified atom stereocenters. The van der Waals surface area contributed by atoms with Crippen LogP contribution in [-0.2, 0) is 16.0 Å². The van der Waals surface area contributed by atoms with Crippen molar-refractivity contribution in [2.24, 2.45) is 5.92 Å². The number of hydrazine groups is 1. The Bertz CT molecular complexity index is 1120. The van der Waals surface area contributed by atoms with Crippen LogP contribution in [0.2, 0.25) is 5.02 Å². The summed E-state index contributed by atoms with van der Waals surface area (Å²) in [5.41, 5.74) is 2.27. The minimum atomic E-state index is -1.15. The summed E-state index contributed by atoms with van der Waals surface area (Å²) in [6.45, 7) is 1.90. The molecule has 6 nitrogen and oxygen atoms in total. The quantitative estimate of drug-likeness (QED) is 0.528. The SMILES string of the molecule is C[C@H]1[C@@H](c2ccccc2)OC(=O)N(C(=O)[C@@H](Cc2ccccc2)[C@H](O)c2ccc(Cl)cc2)N1C. The molecule has 1 aliphatic rings. The smallest absolute Gasteiger partial charge is 0.432 e. The molecule has 0 radical (unpaired) electrons. The third-order valence-electron chi connectivity index (χ3n) is 6.29. The topological polar surface area (TPSA) is 70.1 Å². The molecular weight excluding hydrogens is 452 g/mol. The predicted octanol–water partition coefficient (Wildman–Crippen LogP) is 5.19. The molecule has 4 rings (SSSR count).